The van der Waals surface area contributed by atoms with Gasteiger partial charge in [-0.15, -0.1) is 11.3 Å². The molecular weight excluding hydrogens is 238 g/mol. The van der Waals surface area contributed by atoms with E-state index < -0.39 is 0 Å². The molecule has 2 rings (SSSR count). The summed E-state index contributed by atoms with van der Waals surface area (Å²) in [5.41, 5.74) is 9.03. The molecule has 0 aliphatic carbocycles. The zero-order valence-electron chi connectivity index (χ0n) is 11.5. The number of aryl methyl sites for hydroxylation is 1. The zero-order valence-corrected chi connectivity index (χ0v) is 12.3. The minimum Gasteiger partial charge on any atom is -0.320 e. The second-order valence-corrected chi connectivity index (χ2v) is 7.12. The molecule has 1 heterocycles. The maximum Gasteiger partial charge on any atom is 0.0646 e. The van der Waals surface area contributed by atoms with Crippen LogP contribution in [0.3, 0.4) is 0 Å². The Morgan fingerprint density at radius 2 is 1.61 bits per heavy atom. The van der Waals surface area contributed by atoms with Crippen LogP contribution in [0.4, 0.5) is 0 Å². The Bertz CT molecular complexity index is 517. The first-order valence-corrected chi connectivity index (χ1v) is 7.12. The molecular formula is C16H21NS. The maximum atomic E-state index is 6.30. The molecule has 2 N–H and O–H groups in total. The summed E-state index contributed by atoms with van der Waals surface area (Å²) >= 11 is 1.78. The van der Waals surface area contributed by atoms with Gasteiger partial charge < -0.3 is 5.73 Å². The van der Waals surface area contributed by atoms with Gasteiger partial charge in [0.2, 0.25) is 0 Å². The van der Waals surface area contributed by atoms with Crippen molar-refractivity contribution in [3.63, 3.8) is 0 Å². The molecule has 0 amide bonds. The van der Waals surface area contributed by atoms with E-state index in [-0.39, 0.29) is 11.5 Å². The van der Waals surface area contributed by atoms with Crippen molar-refractivity contribution in [3.8, 4) is 0 Å². The first-order chi connectivity index (χ1) is 8.38. The molecule has 0 saturated heterocycles. The molecule has 96 valence electrons. The molecule has 2 aromatic rings. The molecule has 0 bridgehead atoms. The molecule has 1 aromatic carbocycles. The van der Waals surface area contributed by atoms with Crippen LogP contribution in [-0.4, -0.2) is 0 Å². The van der Waals surface area contributed by atoms with E-state index in [9.17, 15) is 0 Å². The van der Waals surface area contributed by atoms with Gasteiger partial charge in [-0.3, -0.25) is 0 Å². The van der Waals surface area contributed by atoms with Crippen molar-refractivity contribution in [2.75, 3.05) is 0 Å². The molecule has 0 spiro atoms. The summed E-state index contributed by atoms with van der Waals surface area (Å²) in [4.78, 5) is 2.54. The third-order valence-corrected chi connectivity index (χ3v) is 4.29. The molecule has 1 nitrogen and oxygen atoms in total. The average molecular weight is 259 g/mol. The highest BCUT2D eigenvalue weighted by molar-refractivity contribution is 7.12. The predicted molar refractivity (Wildman–Crippen MR) is 80.2 cm³/mol. The van der Waals surface area contributed by atoms with Gasteiger partial charge in [-0.25, -0.2) is 0 Å². The van der Waals surface area contributed by atoms with E-state index in [1.807, 2.05) is 0 Å². The highest BCUT2D eigenvalue weighted by atomic mass is 32.1. The molecule has 0 saturated carbocycles. The normalized spacial score (nSPS) is 13.6. The van der Waals surface area contributed by atoms with Crippen molar-refractivity contribution in [3.05, 3.63) is 57.3 Å². The average Bonchev–Trinajstić information content (AvgIpc) is 2.74. The number of rotatable bonds is 2. The van der Waals surface area contributed by atoms with E-state index in [1.165, 1.54) is 20.9 Å². The summed E-state index contributed by atoms with van der Waals surface area (Å²) in [6, 6.07) is 12.9. The van der Waals surface area contributed by atoms with Gasteiger partial charge in [-0.2, -0.15) is 0 Å². The summed E-state index contributed by atoms with van der Waals surface area (Å²) in [6.45, 7) is 8.79. The standard InChI is InChI=1S/C16H21NS/c1-11-5-10-14(18-11)15(17)12-6-8-13(9-7-12)16(2,3)4/h5-10,15H,17H2,1-4H3. The predicted octanol–water partition coefficient (Wildman–Crippen LogP) is 4.40. The number of hydrogen-bond donors (Lipinski definition) is 1. The second kappa shape index (κ2) is 4.87. The Morgan fingerprint density at radius 1 is 1.00 bits per heavy atom. The summed E-state index contributed by atoms with van der Waals surface area (Å²) in [6.07, 6.45) is 0. The van der Waals surface area contributed by atoms with E-state index >= 15 is 0 Å². The van der Waals surface area contributed by atoms with Crippen molar-refractivity contribution >= 4 is 11.3 Å². The lowest BCUT2D eigenvalue weighted by molar-refractivity contribution is 0.590. The van der Waals surface area contributed by atoms with Gasteiger partial charge in [0.15, 0.2) is 0 Å². The summed E-state index contributed by atoms with van der Waals surface area (Å²) in [5, 5.41) is 0. The van der Waals surface area contributed by atoms with Crippen molar-refractivity contribution in [2.24, 2.45) is 5.73 Å². The van der Waals surface area contributed by atoms with E-state index in [0.717, 1.165) is 0 Å². The Kier molecular flexibility index (Phi) is 3.60. The summed E-state index contributed by atoms with van der Waals surface area (Å²) in [5.74, 6) is 0. The van der Waals surface area contributed by atoms with Crippen molar-refractivity contribution in [1.29, 1.82) is 0 Å². The topological polar surface area (TPSA) is 26.0 Å². The van der Waals surface area contributed by atoms with E-state index in [2.05, 4.69) is 64.1 Å². The third kappa shape index (κ3) is 2.82. The Hall–Kier alpha value is -1.12. The molecule has 1 unspecified atom stereocenters. The summed E-state index contributed by atoms with van der Waals surface area (Å²) in [7, 11) is 0. The van der Waals surface area contributed by atoms with Gasteiger partial charge in [-0.1, -0.05) is 45.0 Å². The van der Waals surface area contributed by atoms with E-state index in [1.54, 1.807) is 11.3 Å². The quantitative estimate of drug-likeness (QED) is 0.850. The van der Waals surface area contributed by atoms with Crippen LogP contribution in [0.2, 0.25) is 0 Å². The summed E-state index contributed by atoms with van der Waals surface area (Å²) < 4.78 is 0. The molecule has 0 fully saturated rings. The lowest BCUT2D eigenvalue weighted by Crippen LogP contribution is -2.13. The Morgan fingerprint density at radius 3 is 2.06 bits per heavy atom. The third-order valence-electron chi connectivity index (χ3n) is 3.20. The fraction of sp³-hybridized carbons (Fsp3) is 0.375. The largest absolute Gasteiger partial charge is 0.320 e. The minimum atomic E-state index is -0.00211. The van der Waals surface area contributed by atoms with Gasteiger partial charge >= 0.3 is 0 Å². The van der Waals surface area contributed by atoms with Crippen LogP contribution in [0.5, 0.6) is 0 Å². The van der Waals surface area contributed by atoms with E-state index in [0.29, 0.717) is 0 Å². The van der Waals surface area contributed by atoms with Crippen LogP contribution >= 0.6 is 11.3 Å². The van der Waals surface area contributed by atoms with Crippen LogP contribution < -0.4 is 5.73 Å². The first-order valence-electron chi connectivity index (χ1n) is 6.30. The zero-order chi connectivity index (χ0) is 13.3. The lowest BCUT2D eigenvalue weighted by atomic mass is 9.86. The molecule has 0 radical (unpaired) electrons. The first kappa shape index (κ1) is 13.3. The van der Waals surface area contributed by atoms with Gasteiger partial charge in [0.25, 0.3) is 0 Å². The Balaban J connectivity index is 2.24. The van der Waals surface area contributed by atoms with Gasteiger partial charge in [-0.05, 0) is 35.6 Å². The molecule has 1 atom stereocenters. The SMILES string of the molecule is Cc1ccc(C(N)c2ccc(C(C)(C)C)cc2)s1. The van der Waals surface area contributed by atoms with Crippen LogP contribution in [0, 0.1) is 6.92 Å². The van der Waals surface area contributed by atoms with Crippen molar-refractivity contribution in [2.45, 2.75) is 39.2 Å². The Labute approximate surface area is 114 Å². The van der Waals surface area contributed by atoms with Crippen LogP contribution in [-0.2, 0) is 5.41 Å². The number of thiophene rings is 1. The van der Waals surface area contributed by atoms with Gasteiger partial charge in [0, 0.05) is 9.75 Å². The van der Waals surface area contributed by atoms with Crippen molar-refractivity contribution < 1.29 is 0 Å². The van der Waals surface area contributed by atoms with Crippen molar-refractivity contribution in [1.82, 2.24) is 0 Å². The highest BCUT2D eigenvalue weighted by Gasteiger charge is 2.15. The smallest absolute Gasteiger partial charge is 0.0646 e. The fourth-order valence-corrected chi connectivity index (χ4v) is 2.88. The maximum absolute atomic E-state index is 6.30. The number of nitrogens with two attached hydrogens (primary N) is 1. The monoisotopic (exact) mass is 259 g/mol. The minimum absolute atomic E-state index is 0.00211. The van der Waals surface area contributed by atoms with Crippen LogP contribution in [0.25, 0.3) is 0 Å². The second-order valence-electron chi connectivity index (χ2n) is 5.80. The van der Waals surface area contributed by atoms with Crippen LogP contribution in [0.1, 0.15) is 47.7 Å². The molecule has 0 aliphatic rings. The number of benzene rings is 1. The molecule has 18 heavy (non-hydrogen) atoms. The fourth-order valence-electron chi connectivity index (χ4n) is 1.98. The number of hydrogen-bond acceptors (Lipinski definition) is 2. The molecule has 0 aliphatic heterocycles. The molecule has 2 heteroatoms. The van der Waals surface area contributed by atoms with Gasteiger partial charge in [0.1, 0.15) is 0 Å². The van der Waals surface area contributed by atoms with E-state index in [4.69, 9.17) is 5.73 Å². The molecule has 1 aromatic heterocycles. The van der Waals surface area contributed by atoms with Crippen LogP contribution in [0.15, 0.2) is 36.4 Å². The lowest BCUT2D eigenvalue weighted by Gasteiger charge is -2.20. The van der Waals surface area contributed by atoms with Gasteiger partial charge in [0.05, 0.1) is 6.04 Å². The highest BCUT2D eigenvalue weighted by Crippen LogP contribution is 2.28.